The molecule has 0 spiro atoms. The van der Waals surface area contributed by atoms with Crippen LogP contribution in [0, 0.1) is 0 Å². The highest BCUT2D eigenvalue weighted by molar-refractivity contribution is 7.93. The van der Waals surface area contributed by atoms with E-state index in [1.54, 1.807) is 40.6 Å². The quantitative estimate of drug-likeness (QED) is 0.465. The van der Waals surface area contributed by atoms with Crippen LogP contribution in [0.15, 0.2) is 58.9 Å². The standard InChI is InChI=1S/C21H20Cl2N4O3S2.H2/c22-17-2-1-3-18(23)16(17)8-10-24-19-9-12-27(20(19)28)14-4-6-15(7-5-14)32(29,30)26-21-25-11-13-31-21;/h1-7,11,13,19,24H,8-10,12H2,(H,25,26);1H. The normalized spacial score (nSPS) is 16.5. The van der Waals surface area contributed by atoms with Gasteiger partial charge in [-0.3, -0.25) is 9.52 Å². The Morgan fingerprint density at radius 3 is 2.53 bits per heavy atom. The van der Waals surface area contributed by atoms with Gasteiger partial charge in [-0.05, 0) is 54.8 Å². The molecule has 1 aromatic heterocycles. The summed E-state index contributed by atoms with van der Waals surface area (Å²) in [6.45, 7) is 1.11. The molecule has 170 valence electrons. The SMILES string of the molecule is O=C1C(NCCc2c(Cl)cccc2Cl)CCN1c1ccc(S(=O)(=O)Nc2nccs2)cc1.[HH]. The first-order valence-corrected chi connectivity index (χ1v) is 13.0. The topological polar surface area (TPSA) is 91.4 Å². The predicted molar refractivity (Wildman–Crippen MR) is 130 cm³/mol. The van der Waals surface area contributed by atoms with Crippen LogP contribution >= 0.6 is 34.5 Å². The van der Waals surface area contributed by atoms with Gasteiger partial charge in [-0.2, -0.15) is 0 Å². The van der Waals surface area contributed by atoms with E-state index < -0.39 is 10.0 Å². The second-order valence-corrected chi connectivity index (χ2v) is 10.6. The number of rotatable bonds is 8. The van der Waals surface area contributed by atoms with Crippen molar-refractivity contribution in [1.82, 2.24) is 10.3 Å². The molecule has 0 bridgehead atoms. The van der Waals surface area contributed by atoms with Gasteiger partial charge in [0.05, 0.1) is 10.9 Å². The van der Waals surface area contributed by atoms with Gasteiger partial charge >= 0.3 is 0 Å². The first-order chi connectivity index (χ1) is 15.3. The highest BCUT2D eigenvalue weighted by Crippen LogP contribution is 2.26. The lowest BCUT2D eigenvalue weighted by molar-refractivity contribution is -0.118. The van der Waals surface area contributed by atoms with Crippen molar-refractivity contribution in [3.8, 4) is 0 Å². The number of aromatic nitrogens is 1. The van der Waals surface area contributed by atoms with Gasteiger partial charge in [-0.25, -0.2) is 13.4 Å². The molecule has 1 amide bonds. The fourth-order valence-electron chi connectivity index (χ4n) is 3.52. The number of amides is 1. The Morgan fingerprint density at radius 1 is 1.16 bits per heavy atom. The molecule has 2 heterocycles. The number of thiazole rings is 1. The summed E-state index contributed by atoms with van der Waals surface area (Å²) in [6, 6.07) is 11.3. The molecule has 0 saturated carbocycles. The molecule has 1 unspecified atom stereocenters. The van der Waals surface area contributed by atoms with Gasteiger partial charge in [-0.1, -0.05) is 29.3 Å². The highest BCUT2D eigenvalue weighted by Gasteiger charge is 2.32. The molecule has 1 saturated heterocycles. The lowest BCUT2D eigenvalue weighted by Gasteiger charge is -2.18. The summed E-state index contributed by atoms with van der Waals surface area (Å²) in [5.74, 6) is -0.0493. The van der Waals surface area contributed by atoms with E-state index in [2.05, 4.69) is 15.0 Å². The number of anilines is 2. The number of nitrogens with one attached hydrogen (secondary N) is 2. The van der Waals surface area contributed by atoms with Crippen molar-refractivity contribution in [3.63, 3.8) is 0 Å². The largest absolute Gasteiger partial charge is 0.311 e. The maximum atomic E-state index is 12.8. The molecule has 1 aliphatic rings. The van der Waals surface area contributed by atoms with E-state index >= 15 is 0 Å². The minimum atomic E-state index is -3.73. The summed E-state index contributed by atoms with van der Waals surface area (Å²) in [6.07, 6.45) is 2.79. The summed E-state index contributed by atoms with van der Waals surface area (Å²) < 4.78 is 27.4. The Morgan fingerprint density at radius 2 is 1.88 bits per heavy atom. The van der Waals surface area contributed by atoms with Crippen molar-refractivity contribution in [2.24, 2.45) is 0 Å². The van der Waals surface area contributed by atoms with E-state index in [4.69, 9.17) is 23.2 Å². The van der Waals surface area contributed by atoms with Crippen molar-refractivity contribution in [3.05, 3.63) is 69.7 Å². The average molecular weight is 513 g/mol. The Labute approximate surface area is 201 Å². The fraction of sp³-hybridized carbons (Fsp3) is 0.238. The van der Waals surface area contributed by atoms with Gasteiger partial charge in [0.2, 0.25) is 5.91 Å². The van der Waals surface area contributed by atoms with Crippen molar-refractivity contribution in [1.29, 1.82) is 0 Å². The first-order valence-electron chi connectivity index (χ1n) is 9.85. The van der Waals surface area contributed by atoms with Crippen LogP contribution in [0.4, 0.5) is 10.8 Å². The van der Waals surface area contributed by atoms with Crippen LogP contribution in [0.2, 0.25) is 10.0 Å². The molecule has 32 heavy (non-hydrogen) atoms. The zero-order valence-electron chi connectivity index (χ0n) is 16.8. The molecule has 1 atom stereocenters. The van der Waals surface area contributed by atoms with E-state index in [1.165, 1.54) is 29.7 Å². The molecule has 0 radical (unpaired) electrons. The number of hydrogen-bond acceptors (Lipinski definition) is 6. The number of carbonyl (C=O) groups is 1. The first kappa shape index (κ1) is 23.0. The summed E-state index contributed by atoms with van der Waals surface area (Å²) in [7, 11) is -3.73. The Kier molecular flexibility index (Phi) is 7.02. The minimum absolute atomic E-state index is 0. The maximum Gasteiger partial charge on any atom is 0.263 e. The van der Waals surface area contributed by atoms with Crippen LogP contribution < -0.4 is 14.9 Å². The van der Waals surface area contributed by atoms with Gasteiger partial charge in [0.25, 0.3) is 10.0 Å². The van der Waals surface area contributed by atoms with Crippen molar-refractivity contribution in [2.45, 2.75) is 23.8 Å². The van der Waals surface area contributed by atoms with Crippen molar-refractivity contribution in [2.75, 3.05) is 22.7 Å². The van der Waals surface area contributed by atoms with E-state index in [1.807, 2.05) is 0 Å². The Balaban J connectivity index is 0.00000306. The lowest BCUT2D eigenvalue weighted by Crippen LogP contribution is -2.39. The molecular weight excluding hydrogens is 491 g/mol. The summed E-state index contributed by atoms with van der Waals surface area (Å²) >= 11 is 13.6. The Hall–Kier alpha value is -2.17. The lowest BCUT2D eigenvalue weighted by atomic mass is 10.1. The molecule has 4 rings (SSSR count). The van der Waals surface area contributed by atoms with Crippen LogP contribution in [-0.4, -0.2) is 38.4 Å². The summed E-state index contributed by atoms with van der Waals surface area (Å²) in [4.78, 5) is 18.5. The smallest absolute Gasteiger partial charge is 0.263 e. The average Bonchev–Trinajstić information content (AvgIpc) is 3.40. The van der Waals surface area contributed by atoms with Gasteiger partial charge in [0, 0.05) is 41.8 Å². The molecule has 2 aromatic carbocycles. The number of nitrogens with zero attached hydrogens (tertiary/aromatic N) is 2. The molecule has 11 heteroatoms. The van der Waals surface area contributed by atoms with Gasteiger partial charge in [0.1, 0.15) is 0 Å². The van der Waals surface area contributed by atoms with Crippen LogP contribution in [-0.2, 0) is 21.2 Å². The zero-order chi connectivity index (χ0) is 22.7. The molecule has 0 aliphatic carbocycles. The van der Waals surface area contributed by atoms with E-state index in [-0.39, 0.29) is 18.3 Å². The van der Waals surface area contributed by atoms with Gasteiger partial charge in [0.15, 0.2) is 5.13 Å². The molecule has 3 aromatic rings. The van der Waals surface area contributed by atoms with Crippen LogP contribution in [0.3, 0.4) is 0 Å². The van der Waals surface area contributed by atoms with E-state index in [9.17, 15) is 13.2 Å². The number of carbonyl (C=O) groups excluding carboxylic acids is 1. The van der Waals surface area contributed by atoms with Crippen molar-refractivity contribution >= 4 is 61.3 Å². The van der Waals surface area contributed by atoms with Crippen LogP contribution in [0.1, 0.15) is 13.4 Å². The summed E-state index contributed by atoms with van der Waals surface area (Å²) in [5.41, 5.74) is 1.51. The predicted octanol–water partition coefficient (Wildman–Crippen LogP) is 4.43. The number of sulfonamides is 1. The third-order valence-electron chi connectivity index (χ3n) is 5.15. The van der Waals surface area contributed by atoms with E-state index in [0.717, 1.165) is 5.56 Å². The second-order valence-electron chi connectivity index (χ2n) is 7.17. The van der Waals surface area contributed by atoms with E-state index in [0.29, 0.717) is 46.8 Å². The third kappa shape index (κ3) is 5.07. The third-order valence-corrected chi connectivity index (χ3v) is 8.03. The highest BCUT2D eigenvalue weighted by atomic mass is 35.5. The fourth-order valence-corrected chi connectivity index (χ4v) is 5.90. The zero-order valence-corrected chi connectivity index (χ0v) is 19.9. The van der Waals surface area contributed by atoms with Crippen LogP contribution in [0.5, 0.6) is 0 Å². The molecule has 1 aliphatic heterocycles. The maximum absolute atomic E-state index is 12.8. The van der Waals surface area contributed by atoms with Gasteiger partial charge < -0.3 is 10.2 Å². The summed E-state index contributed by atoms with van der Waals surface area (Å²) in [5, 5.41) is 6.48. The minimum Gasteiger partial charge on any atom is -0.311 e. The van der Waals surface area contributed by atoms with Crippen molar-refractivity contribution < 1.29 is 14.6 Å². The van der Waals surface area contributed by atoms with Gasteiger partial charge in [-0.15, -0.1) is 11.3 Å². The Bertz CT molecular complexity index is 1190. The molecule has 2 N–H and O–H groups in total. The molecular formula is C21H22Cl2N4O3S2. The molecule has 1 fully saturated rings. The molecule has 7 nitrogen and oxygen atoms in total. The second kappa shape index (κ2) is 9.76. The number of halogens is 2. The number of benzene rings is 2. The van der Waals surface area contributed by atoms with Crippen LogP contribution in [0.25, 0.3) is 0 Å². The number of hydrogen-bond donors (Lipinski definition) is 2. The monoisotopic (exact) mass is 512 g/mol.